The lowest BCUT2D eigenvalue weighted by molar-refractivity contribution is -0.144. The van der Waals surface area contributed by atoms with Gasteiger partial charge in [-0.05, 0) is 13.8 Å². The smallest absolute Gasteiger partial charge is 0.325 e. The molecule has 82 valence electrons. The van der Waals surface area contributed by atoms with Gasteiger partial charge in [0.25, 0.3) is 0 Å². The van der Waals surface area contributed by atoms with Gasteiger partial charge in [-0.3, -0.25) is 9.59 Å². The molecular formula is C8H15NO5. The maximum Gasteiger partial charge on any atom is 0.325 e. The predicted molar refractivity (Wildman–Crippen MR) is 47.5 cm³/mol. The lowest BCUT2D eigenvalue weighted by atomic mass is 9.91. The summed E-state index contributed by atoms with van der Waals surface area (Å²) in [5.74, 6) is -1.85. The van der Waals surface area contributed by atoms with E-state index in [1.165, 1.54) is 13.8 Å². The number of hydrogen-bond acceptors (Lipinski definition) is 4. The highest BCUT2D eigenvalue weighted by Gasteiger charge is 2.33. The highest BCUT2D eigenvalue weighted by molar-refractivity contribution is 5.87. The van der Waals surface area contributed by atoms with Crippen LogP contribution in [-0.2, 0) is 9.59 Å². The number of hydrogen-bond donors (Lipinski definition) is 4. The lowest BCUT2D eigenvalue weighted by Crippen LogP contribution is -2.49. The van der Waals surface area contributed by atoms with Gasteiger partial charge in [0.15, 0.2) is 0 Å². The average molecular weight is 205 g/mol. The number of carbonyl (C=O) groups is 2. The first kappa shape index (κ1) is 12.9. The van der Waals surface area contributed by atoms with Crippen molar-refractivity contribution in [3.8, 4) is 0 Å². The molecule has 0 aromatic heterocycles. The van der Waals surface area contributed by atoms with Crippen LogP contribution in [-0.4, -0.2) is 46.5 Å². The highest BCUT2D eigenvalue weighted by Crippen LogP contribution is 2.14. The van der Waals surface area contributed by atoms with Crippen LogP contribution >= 0.6 is 0 Å². The molecule has 0 rings (SSSR count). The van der Waals surface area contributed by atoms with E-state index in [2.05, 4.69) is 5.32 Å². The van der Waals surface area contributed by atoms with Crippen molar-refractivity contribution >= 4 is 11.9 Å². The van der Waals surface area contributed by atoms with Crippen LogP contribution in [0.3, 0.4) is 0 Å². The van der Waals surface area contributed by atoms with E-state index in [0.717, 1.165) is 0 Å². The molecule has 6 nitrogen and oxygen atoms in total. The molecule has 0 radical (unpaired) electrons. The van der Waals surface area contributed by atoms with E-state index in [4.69, 9.17) is 15.3 Å². The van der Waals surface area contributed by atoms with Gasteiger partial charge < -0.3 is 20.6 Å². The molecular weight excluding hydrogens is 190 g/mol. The van der Waals surface area contributed by atoms with Gasteiger partial charge in [0.05, 0.1) is 18.6 Å². The Kier molecular flexibility index (Phi) is 4.52. The van der Waals surface area contributed by atoms with Crippen LogP contribution in [0, 0.1) is 5.41 Å². The summed E-state index contributed by atoms with van der Waals surface area (Å²) < 4.78 is 0. The zero-order valence-electron chi connectivity index (χ0n) is 8.15. The molecule has 0 aromatic carbocycles. The zero-order valence-corrected chi connectivity index (χ0v) is 8.15. The second-order valence-electron chi connectivity index (χ2n) is 3.41. The number of aliphatic hydroxyl groups is 2. The first-order valence-electron chi connectivity index (χ1n) is 4.13. The van der Waals surface area contributed by atoms with Gasteiger partial charge >= 0.3 is 5.97 Å². The molecule has 1 unspecified atom stereocenters. The molecule has 0 fully saturated rings. The Hall–Kier alpha value is -1.14. The molecule has 4 N–H and O–H groups in total. The first-order chi connectivity index (χ1) is 6.37. The third kappa shape index (κ3) is 2.97. The van der Waals surface area contributed by atoms with Crippen LogP contribution in [0.5, 0.6) is 0 Å². The number of rotatable bonds is 5. The standard InChI is InChI=1S/C8H15NO5/c1-5(6(12)13)9-7(14)8(2,3-10)4-11/h5,10-11H,3-4H2,1-2H3,(H,9,14)(H,12,13). The molecule has 0 aliphatic carbocycles. The van der Waals surface area contributed by atoms with Crippen molar-refractivity contribution in [2.24, 2.45) is 5.41 Å². The van der Waals surface area contributed by atoms with E-state index in [9.17, 15) is 9.59 Å². The van der Waals surface area contributed by atoms with Crippen molar-refractivity contribution in [3.05, 3.63) is 0 Å². The molecule has 0 heterocycles. The van der Waals surface area contributed by atoms with Gasteiger partial charge in [-0.2, -0.15) is 0 Å². The summed E-state index contributed by atoms with van der Waals surface area (Å²) in [6.45, 7) is 1.57. The normalized spacial score (nSPS) is 13.4. The van der Waals surface area contributed by atoms with Crippen molar-refractivity contribution in [2.75, 3.05) is 13.2 Å². The first-order valence-corrected chi connectivity index (χ1v) is 4.13. The monoisotopic (exact) mass is 205 g/mol. The van der Waals surface area contributed by atoms with Crippen LogP contribution < -0.4 is 5.32 Å². The SMILES string of the molecule is CC(NC(=O)C(C)(CO)CO)C(=O)O. The quantitative estimate of drug-likeness (QED) is 0.440. The molecule has 14 heavy (non-hydrogen) atoms. The number of carboxylic acid groups (broad SMARTS) is 1. The maximum absolute atomic E-state index is 11.3. The van der Waals surface area contributed by atoms with Gasteiger partial charge in [-0.1, -0.05) is 0 Å². The van der Waals surface area contributed by atoms with E-state index in [-0.39, 0.29) is 0 Å². The van der Waals surface area contributed by atoms with E-state index in [1.54, 1.807) is 0 Å². The molecule has 0 aliphatic heterocycles. The summed E-state index contributed by atoms with van der Waals surface area (Å²) in [7, 11) is 0. The molecule has 0 spiro atoms. The summed E-state index contributed by atoms with van der Waals surface area (Å²) in [5.41, 5.74) is -1.34. The molecule has 0 bridgehead atoms. The summed E-state index contributed by atoms with van der Waals surface area (Å²) in [5, 5.41) is 28.3. The number of carboxylic acids is 1. The summed E-state index contributed by atoms with van der Waals surface area (Å²) in [6.07, 6.45) is 0. The molecule has 0 saturated carbocycles. The average Bonchev–Trinajstić information content (AvgIpc) is 2.16. The van der Waals surface area contributed by atoms with Crippen LogP contribution in [0.4, 0.5) is 0 Å². The highest BCUT2D eigenvalue weighted by atomic mass is 16.4. The van der Waals surface area contributed by atoms with Crippen LogP contribution in [0.25, 0.3) is 0 Å². The fourth-order valence-electron chi connectivity index (χ4n) is 0.626. The Morgan fingerprint density at radius 3 is 2.07 bits per heavy atom. The Balaban J connectivity index is 4.40. The number of aliphatic hydroxyl groups excluding tert-OH is 2. The summed E-state index contributed by atoms with van der Waals surface area (Å²) in [4.78, 5) is 21.7. The van der Waals surface area contributed by atoms with Crippen molar-refractivity contribution in [3.63, 3.8) is 0 Å². The van der Waals surface area contributed by atoms with Crippen molar-refractivity contribution in [1.29, 1.82) is 0 Å². The van der Waals surface area contributed by atoms with Gasteiger partial charge in [-0.25, -0.2) is 0 Å². The zero-order chi connectivity index (χ0) is 11.4. The topological polar surface area (TPSA) is 107 Å². The molecule has 0 saturated heterocycles. The Labute approximate surface area is 81.5 Å². The lowest BCUT2D eigenvalue weighted by Gasteiger charge is -2.24. The van der Waals surface area contributed by atoms with E-state index >= 15 is 0 Å². The number of carbonyl (C=O) groups excluding carboxylic acids is 1. The van der Waals surface area contributed by atoms with Crippen LogP contribution in [0.2, 0.25) is 0 Å². The molecule has 0 aliphatic rings. The molecule has 0 aromatic rings. The van der Waals surface area contributed by atoms with Gasteiger partial charge in [0.2, 0.25) is 5.91 Å². The van der Waals surface area contributed by atoms with E-state index in [1.807, 2.05) is 0 Å². The fraction of sp³-hybridized carbons (Fsp3) is 0.750. The van der Waals surface area contributed by atoms with E-state index < -0.39 is 36.5 Å². The Morgan fingerprint density at radius 2 is 1.79 bits per heavy atom. The minimum absolute atomic E-state index is 0.540. The number of aliphatic carboxylic acids is 1. The fourth-order valence-corrected chi connectivity index (χ4v) is 0.626. The number of nitrogens with one attached hydrogen (secondary N) is 1. The molecule has 6 heteroatoms. The number of amides is 1. The third-order valence-corrected chi connectivity index (χ3v) is 1.96. The summed E-state index contributed by atoms with van der Waals surface area (Å²) >= 11 is 0. The van der Waals surface area contributed by atoms with E-state index in [0.29, 0.717) is 0 Å². The second kappa shape index (κ2) is 4.92. The minimum Gasteiger partial charge on any atom is -0.480 e. The largest absolute Gasteiger partial charge is 0.480 e. The van der Waals surface area contributed by atoms with Crippen molar-refractivity contribution in [2.45, 2.75) is 19.9 Å². The van der Waals surface area contributed by atoms with Gasteiger partial charge in [0, 0.05) is 0 Å². The third-order valence-electron chi connectivity index (χ3n) is 1.96. The van der Waals surface area contributed by atoms with Crippen molar-refractivity contribution in [1.82, 2.24) is 5.32 Å². The maximum atomic E-state index is 11.3. The molecule has 1 amide bonds. The van der Waals surface area contributed by atoms with Gasteiger partial charge in [-0.15, -0.1) is 0 Å². The van der Waals surface area contributed by atoms with Crippen LogP contribution in [0.1, 0.15) is 13.8 Å². The predicted octanol–water partition coefficient (Wildman–Crippen LogP) is -1.43. The van der Waals surface area contributed by atoms with Crippen molar-refractivity contribution < 1.29 is 24.9 Å². The summed E-state index contributed by atoms with van der Waals surface area (Å²) in [6, 6.07) is -1.04. The minimum atomic E-state index is -1.34. The Bertz CT molecular complexity index is 224. The van der Waals surface area contributed by atoms with Gasteiger partial charge in [0.1, 0.15) is 6.04 Å². The van der Waals surface area contributed by atoms with Crippen LogP contribution in [0.15, 0.2) is 0 Å². The Morgan fingerprint density at radius 1 is 1.36 bits per heavy atom. The second-order valence-corrected chi connectivity index (χ2v) is 3.41. The molecule has 1 atom stereocenters.